The van der Waals surface area contributed by atoms with Crippen LogP contribution in [-0.4, -0.2) is 12.5 Å². The summed E-state index contributed by atoms with van der Waals surface area (Å²) in [4.78, 5) is 12.3. The van der Waals surface area contributed by atoms with Crippen LogP contribution in [0.1, 0.15) is 29.5 Å². The summed E-state index contributed by atoms with van der Waals surface area (Å²) in [5, 5.41) is 5.70. The van der Waals surface area contributed by atoms with Crippen molar-refractivity contribution < 1.29 is 18.0 Å². The Kier molecular flexibility index (Phi) is 4.57. The highest BCUT2D eigenvalue weighted by Crippen LogP contribution is 2.26. The summed E-state index contributed by atoms with van der Waals surface area (Å²) in [6.45, 7) is 2.85. The molecule has 0 aliphatic carbocycles. The van der Waals surface area contributed by atoms with Crippen LogP contribution in [0.15, 0.2) is 30.3 Å². The maximum Gasteiger partial charge on any atom is 0.231 e. The molecule has 1 heterocycles. The van der Waals surface area contributed by atoms with Gasteiger partial charge in [0.05, 0.1) is 11.6 Å². The standard InChI is InChI=1S/C18H17F3N2O/c1-10(11-2-4-14(19)15(20)8-11)18(24)23-16-5-3-12-9-22-7-6-13(12)17(16)21/h2-5,8,10,22H,6-7,9H2,1H3,(H,23,24). The van der Waals surface area contributed by atoms with Crippen LogP contribution in [0, 0.1) is 17.5 Å². The fourth-order valence-corrected chi connectivity index (χ4v) is 2.80. The highest BCUT2D eigenvalue weighted by molar-refractivity contribution is 5.95. The molecule has 1 atom stereocenters. The molecule has 0 saturated heterocycles. The van der Waals surface area contributed by atoms with Crippen LogP contribution in [0.2, 0.25) is 0 Å². The number of benzene rings is 2. The van der Waals surface area contributed by atoms with Crippen molar-refractivity contribution in [2.24, 2.45) is 0 Å². The van der Waals surface area contributed by atoms with E-state index in [1.807, 2.05) is 0 Å². The van der Waals surface area contributed by atoms with E-state index in [1.54, 1.807) is 13.0 Å². The molecule has 2 N–H and O–H groups in total. The Bertz CT molecular complexity index is 792. The van der Waals surface area contributed by atoms with Crippen LogP contribution in [0.3, 0.4) is 0 Å². The van der Waals surface area contributed by atoms with Crippen molar-refractivity contribution in [3.8, 4) is 0 Å². The zero-order valence-electron chi connectivity index (χ0n) is 13.1. The number of carbonyl (C=O) groups excluding carboxylic acids is 1. The number of anilines is 1. The van der Waals surface area contributed by atoms with Crippen molar-refractivity contribution in [1.29, 1.82) is 0 Å². The van der Waals surface area contributed by atoms with Crippen LogP contribution >= 0.6 is 0 Å². The van der Waals surface area contributed by atoms with Gasteiger partial charge in [0.25, 0.3) is 0 Å². The summed E-state index contributed by atoms with van der Waals surface area (Å²) in [5.41, 5.74) is 1.92. The molecule has 1 aliphatic rings. The molecule has 1 aliphatic heterocycles. The van der Waals surface area contributed by atoms with E-state index in [-0.39, 0.29) is 5.69 Å². The van der Waals surface area contributed by atoms with Crippen LogP contribution in [0.5, 0.6) is 0 Å². The molecule has 24 heavy (non-hydrogen) atoms. The predicted octanol–water partition coefficient (Wildman–Crippen LogP) is 3.49. The van der Waals surface area contributed by atoms with Crippen molar-refractivity contribution in [2.45, 2.75) is 25.8 Å². The van der Waals surface area contributed by atoms with Gasteiger partial charge in [-0.05, 0) is 54.8 Å². The summed E-state index contributed by atoms with van der Waals surface area (Å²) in [5.74, 6) is -3.63. The third-order valence-electron chi connectivity index (χ3n) is 4.30. The maximum atomic E-state index is 14.5. The molecule has 1 amide bonds. The van der Waals surface area contributed by atoms with E-state index in [0.29, 0.717) is 30.6 Å². The molecule has 0 fully saturated rings. The van der Waals surface area contributed by atoms with Gasteiger partial charge in [-0.1, -0.05) is 12.1 Å². The van der Waals surface area contributed by atoms with E-state index in [0.717, 1.165) is 17.7 Å². The summed E-state index contributed by atoms with van der Waals surface area (Å²) < 4.78 is 40.8. The lowest BCUT2D eigenvalue weighted by Gasteiger charge is -2.20. The molecule has 0 saturated carbocycles. The SMILES string of the molecule is CC(C(=O)Nc1ccc2c(c1F)CCNC2)c1ccc(F)c(F)c1. The third kappa shape index (κ3) is 3.14. The largest absolute Gasteiger partial charge is 0.323 e. The number of nitrogens with one attached hydrogen (secondary N) is 2. The first-order valence-corrected chi connectivity index (χ1v) is 7.74. The highest BCUT2D eigenvalue weighted by atomic mass is 19.2. The number of hydrogen-bond acceptors (Lipinski definition) is 2. The average molecular weight is 334 g/mol. The molecular formula is C18H17F3N2O. The Balaban J connectivity index is 1.80. The first-order valence-electron chi connectivity index (χ1n) is 7.74. The van der Waals surface area contributed by atoms with E-state index in [2.05, 4.69) is 10.6 Å². The van der Waals surface area contributed by atoms with E-state index in [1.165, 1.54) is 12.1 Å². The molecule has 3 nitrogen and oxygen atoms in total. The number of rotatable bonds is 3. The lowest BCUT2D eigenvalue weighted by Crippen LogP contribution is -2.26. The second kappa shape index (κ2) is 6.65. The monoisotopic (exact) mass is 334 g/mol. The zero-order chi connectivity index (χ0) is 17.3. The Morgan fingerprint density at radius 2 is 1.96 bits per heavy atom. The minimum absolute atomic E-state index is 0.107. The lowest BCUT2D eigenvalue weighted by molar-refractivity contribution is -0.117. The van der Waals surface area contributed by atoms with E-state index < -0.39 is 29.3 Å². The topological polar surface area (TPSA) is 41.1 Å². The second-order valence-electron chi connectivity index (χ2n) is 5.88. The van der Waals surface area contributed by atoms with Crippen molar-refractivity contribution >= 4 is 11.6 Å². The average Bonchev–Trinajstić information content (AvgIpc) is 2.59. The molecule has 3 rings (SSSR count). The summed E-state index contributed by atoms with van der Waals surface area (Å²) in [7, 11) is 0. The smallest absolute Gasteiger partial charge is 0.231 e. The van der Waals surface area contributed by atoms with E-state index in [4.69, 9.17) is 0 Å². The van der Waals surface area contributed by atoms with Gasteiger partial charge < -0.3 is 10.6 Å². The Labute approximate surface area is 137 Å². The Morgan fingerprint density at radius 1 is 1.17 bits per heavy atom. The normalized spacial score (nSPS) is 14.8. The molecule has 2 aromatic carbocycles. The first-order chi connectivity index (χ1) is 11.5. The van der Waals surface area contributed by atoms with Gasteiger partial charge in [-0.25, -0.2) is 13.2 Å². The van der Waals surface area contributed by atoms with Crippen molar-refractivity contribution in [3.63, 3.8) is 0 Å². The van der Waals surface area contributed by atoms with Gasteiger partial charge in [-0.2, -0.15) is 0 Å². The van der Waals surface area contributed by atoms with Gasteiger partial charge in [0, 0.05) is 6.54 Å². The molecule has 0 bridgehead atoms. The molecule has 2 aromatic rings. The Morgan fingerprint density at radius 3 is 2.71 bits per heavy atom. The number of amides is 1. The van der Waals surface area contributed by atoms with Gasteiger partial charge in [-0.15, -0.1) is 0 Å². The highest BCUT2D eigenvalue weighted by Gasteiger charge is 2.21. The van der Waals surface area contributed by atoms with Crippen LogP contribution in [0.25, 0.3) is 0 Å². The fraction of sp³-hybridized carbons (Fsp3) is 0.278. The van der Waals surface area contributed by atoms with Crippen molar-refractivity contribution in [1.82, 2.24) is 5.32 Å². The molecule has 6 heteroatoms. The van der Waals surface area contributed by atoms with Gasteiger partial charge in [0.2, 0.25) is 5.91 Å². The molecular weight excluding hydrogens is 317 g/mol. The van der Waals surface area contributed by atoms with Gasteiger partial charge in [-0.3, -0.25) is 4.79 Å². The van der Waals surface area contributed by atoms with Gasteiger partial charge in [0.1, 0.15) is 5.82 Å². The quantitative estimate of drug-likeness (QED) is 0.902. The predicted molar refractivity (Wildman–Crippen MR) is 85.2 cm³/mol. The zero-order valence-corrected chi connectivity index (χ0v) is 13.1. The molecule has 0 spiro atoms. The van der Waals surface area contributed by atoms with E-state index >= 15 is 0 Å². The van der Waals surface area contributed by atoms with Gasteiger partial charge >= 0.3 is 0 Å². The fourth-order valence-electron chi connectivity index (χ4n) is 2.80. The first kappa shape index (κ1) is 16.5. The second-order valence-corrected chi connectivity index (χ2v) is 5.88. The maximum absolute atomic E-state index is 14.5. The molecule has 0 radical (unpaired) electrons. The number of hydrogen-bond donors (Lipinski definition) is 2. The number of carbonyl (C=O) groups is 1. The van der Waals surface area contributed by atoms with Crippen LogP contribution in [-0.2, 0) is 17.8 Å². The number of fused-ring (bicyclic) bond motifs is 1. The molecule has 0 aromatic heterocycles. The van der Waals surface area contributed by atoms with E-state index in [9.17, 15) is 18.0 Å². The summed E-state index contributed by atoms with van der Waals surface area (Å²) >= 11 is 0. The van der Waals surface area contributed by atoms with Crippen molar-refractivity contribution in [3.05, 3.63) is 64.5 Å². The van der Waals surface area contributed by atoms with Gasteiger partial charge in [0.15, 0.2) is 11.6 Å². The summed E-state index contributed by atoms with van der Waals surface area (Å²) in [6.07, 6.45) is 0.559. The number of halogens is 3. The Hall–Kier alpha value is -2.34. The molecule has 126 valence electrons. The third-order valence-corrected chi connectivity index (χ3v) is 4.30. The lowest BCUT2D eigenvalue weighted by atomic mass is 9.98. The minimum atomic E-state index is -1.01. The summed E-state index contributed by atoms with van der Waals surface area (Å²) in [6, 6.07) is 6.60. The molecule has 1 unspecified atom stereocenters. The van der Waals surface area contributed by atoms with Crippen molar-refractivity contribution in [2.75, 3.05) is 11.9 Å². The minimum Gasteiger partial charge on any atom is -0.323 e. The van der Waals surface area contributed by atoms with Crippen LogP contribution < -0.4 is 10.6 Å². The van der Waals surface area contributed by atoms with Crippen LogP contribution in [0.4, 0.5) is 18.9 Å².